The van der Waals surface area contributed by atoms with Gasteiger partial charge in [0.15, 0.2) is 0 Å². The number of rotatable bonds is 2. The molecule has 0 aromatic carbocycles. The Morgan fingerprint density at radius 2 is 2.29 bits per heavy atom. The van der Waals surface area contributed by atoms with E-state index in [9.17, 15) is 4.79 Å². The zero-order chi connectivity index (χ0) is 10.6. The van der Waals surface area contributed by atoms with Crippen LogP contribution in [0.5, 0.6) is 0 Å². The van der Waals surface area contributed by atoms with Crippen molar-refractivity contribution in [2.24, 2.45) is 0 Å². The molecule has 4 nitrogen and oxygen atoms in total. The summed E-state index contributed by atoms with van der Waals surface area (Å²) in [6.07, 6.45) is 3.51. The number of carbonyl (C=O) groups excluding carboxylic acids is 1. The van der Waals surface area contributed by atoms with Crippen molar-refractivity contribution in [3.63, 3.8) is 0 Å². The Balaban J connectivity index is 2.54. The van der Waals surface area contributed by atoms with E-state index in [-0.39, 0.29) is 6.03 Å². The summed E-state index contributed by atoms with van der Waals surface area (Å²) in [4.78, 5) is 16.7. The van der Waals surface area contributed by atoms with Gasteiger partial charge >= 0.3 is 6.03 Å². The minimum absolute atomic E-state index is 0.0896. The van der Waals surface area contributed by atoms with Crippen LogP contribution in [-0.2, 0) is 6.54 Å². The van der Waals surface area contributed by atoms with E-state index in [1.807, 2.05) is 13.0 Å². The highest BCUT2D eigenvalue weighted by molar-refractivity contribution is 5.73. The van der Waals surface area contributed by atoms with E-state index in [1.54, 1.807) is 26.5 Å². The Bertz CT molecular complexity index is 323. The van der Waals surface area contributed by atoms with E-state index < -0.39 is 0 Å². The Morgan fingerprint density at radius 1 is 1.57 bits per heavy atom. The summed E-state index contributed by atoms with van der Waals surface area (Å²) >= 11 is 0. The Morgan fingerprint density at radius 3 is 2.86 bits per heavy atom. The summed E-state index contributed by atoms with van der Waals surface area (Å²) in [5, 5.41) is 2.79. The monoisotopic (exact) mass is 193 g/mol. The Kier molecular flexibility index (Phi) is 3.45. The number of hydrogen-bond acceptors (Lipinski definition) is 2. The van der Waals surface area contributed by atoms with Gasteiger partial charge in [-0.15, -0.1) is 0 Å². The van der Waals surface area contributed by atoms with Gasteiger partial charge in [-0.1, -0.05) is 0 Å². The third-order valence-corrected chi connectivity index (χ3v) is 1.98. The van der Waals surface area contributed by atoms with Crippen LogP contribution in [0.1, 0.15) is 11.1 Å². The maximum absolute atomic E-state index is 11.2. The quantitative estimate of drug-likeness (QED) is 0.766. The molecule has 1 aromatic rings. The predicted molar refractivity (Wildman–Crippen MR) is 54.9 cm³/mol. The summed E-state index contributed by atoms with van der Waals surface area (Å²) in [5.41, 5.74) is 2.18. The standard InChI is InChI=1S/C10H15N3O/c1-8-4-5-11-6-9(8)7-12-10(14)13(2)3/h4-6H,7H2,1-3H3,(H,12,14). The van der Waals surface area contributed by atoms with Gasteiger partial charge in [0.25, 0.3) is 0 Å². The van der Waals surface area contributed by atoms with Gasteiger partial charge in [-0.25, -0.2) is 4.79 Å². The average Bonchev–Trinajstić information content (AvgIpc) is 2.16. The van der Waals surface area contributed by atoms with Crippen molar-refractivity contribution in [3.8, 4) is 0 Å². The van der Waals surface area contributed by atoms with Gasteiger partial charge in [-0.2, -0.15) is 0 Å². The van der Waals surface area contributed by atoms with Gasteiger partial charge in [-0.3, -0.25) is 4.98 Å². The summed E-state index contributed by atoms with van der Waals surface area (Å²) in [6.45, 7) is 2.52. The number of nitrogens with one attached hydrogen (secondary N) is 1. The predicted octanol–water partition coefficient (Wildman–Crippen LogP) is 1.16. The molecule has 1 N–H and O–H groups in total. The molecule has 0 saturated carbocycles. The lowest BCUT2D eigenvalue weighted by Gasteiger charge is -2.12. The van der Waals surface area contributed by atoms with E-state index in [1.165, 1.54) is 4.90 Å². The van der Waals surface area contributed by atoms with Crippen LogP contribution < -0.4 is 5.32 Å². The molecule has 0 radical (unpaired) electrons. The molecule has 1 aromatic heterocycles. The second-order valence-electron chi connectivity index (χ2n) is 3.36. The maximum Gasteiger partial charge on any atom is 0.317 e. The highest BCUT2D eigenvalue weighted by Crippen LogP contribution is 2.03. The van der Waals surface area contributed by atoms with Crippen molar-refractivity contribution in [3.05, 3.63) is 29.6 Å². The van der Waals surface area contributed by atoms with Crippen molar-refractivity contribution < 1.29 is 4.79 Å². The van der Waals surface area contributed by atoms with Gasteiger partial charge in [0.05, 0.1) is 0 Å². The number of urea groups is 1. The van der Waals surface area contributed by atoms with Crippen LogP contribution in [0.15, 0.2) is 18.5 Å². The van der Waals surface area contributed by atoms with E-state index in [0.29, 0.717) is 6.54 Å². The van der Waals surface area contributed by atoms with Crippen LogP contribution >= 0.6 is 0 Å². The molecule has 76 valence electrons. The topological polar surface area (TPSA) is 45.2 Å². The van der Waals surface area contributed by atoms with Gasteiger partial charge in [0.1, 0.15) is 0 Å². The molecule has 1 rings (SSSR count). The number of pyridine rings is 1. The van der Waals surface area contributed by atoms with E-state index in [4.69, 9.17) is 0 Å². The number of amides is 2. The number of aromatic nitrogens is 1. The van der Waals surface area contributed by atoms with Crippen LogP contribution in [0.2, 0.25) is 0 Å². The van der Waals surface area contributed by atoms with Crippen LogP contribution in [-0.4, -0.2) is 30.0 Å². The first-order valence-electron chi connectivity index (χ1n) is 4.46. The highest BCUT2D eigenvalue weighted by Gasteiger charge is 2.03. The molecule has 0 aliphatic carbocycles. The van der Waals surface area contributed by atoms with Gasteiger partial charge in [0, 0.05) is 33.0 Å². The van der Waals surface area contributed by atoms with Crippen LogP contribution in [0, 0.1) is 6.92 Å². The van der Waals surface area contributed by atoms with Crippen molar-refractivity contribution in [1.29, 1.82) is 0 Å². The molecule has 2 amide bonds. The Hall–Kier alpha value is -1.58. The smallest absolute Gasteiger partial charge is 0.317 e. The first kappa shape index (κ1) is 10.5. The zero-order valence-corrected chi connectivity index (χ0v) is 8.74. The fraction of sp³-hybridized carbons (Fsp3) is 0.400. The molecule has 14 heavy (non-hydrogen) atoms. The molecule has 4 heteroatoms. The fourth-order valence-electron chi connectivity index (χ4n) is 1.01. The lowest BCUT2D eigenvalue weighted by Crippen LogP contribution is -2.34. The van der Waals surface area contributed by atoms with Crippen LogP contribution in [0.25, 0.3) is 0 Å². The molecule has 0 spiro atoms. The molecular weight excluding hydrogens is 178 g/mol. The third kappa shape index (κ3) is 2.73. The first-order valence-corrected chi connectivity index (χ1v) is 4.46. The molecule has 0 aliphatic heterocycles. The number of carbonyl (C=O) groups is 1. The molecular formula is C10H15N3O. The summed E-state index contributed by atoms with van der Waals surface area (Å²) < 4.78 is 0. The largest absolute Gasteiger partial charge is 0.334 e. The minimum atomic E-state index is -0.0896. The molecule has 0 aliphatic rings. The van der Waals surface area contributed by atoms with Crippen LogP contribution in [0.4, 0.5) is 4.79 Å². The third-order valence-electron chi connectivity index (χ3n) is 1.98. The number of aryl methyl sites for hydroxylation is 1. The molecule has 0 unspecified atom stereocenters. The SMILES string of the molecule is Cc1ccncc1CNC(=O)N(C)C. The zero-order valence-electron chi connectivity index (χ0n) is 8.74. The molecule has 1 heterocycles. The average molecular weight is 193 g/mol. The highest BCUT2D eigenvalue weighted by atomic mass is 16.2. The van der Waals surface area contributed by atoms with Gasteiger partial charge in [0.2, 0.25) is 0 Å². The lowest BCUT2D eigenvalue weighted by molar-refractivity contribution is 0.217. The van der Waals surface area contributed by atoms with Crippen LogP contribution in [0.3, 0.4) is 0 Å². The number of nitrogens with zero attached hydrogens (tertiary/aromatic N) is 2. The second-order valence-corrected chi connectivity index (χ2v) is 3.36. The van der Waals surface area contributed by atoms with Crippen molar-refractivity contribution in [2.75, 3.05) is 14.1 Å². The van der Waals surface area contributed by atoms with Crippen molar-refractivity contribution >= 4 is 6.03 Å². The number of hydrogen-bond donors (Lipinski definition) is 1. The summed E-state index contributed by atoms with van der Waals surface area (Å²) in [6, 6.07) is 1.84. The van der Waals surface area contributed by atoms with E-state index in [2.05, 4.69) is 10.3 Å². The summed E-state index contributed by atoms with van der Waals surface area (Å²) in [5.74, 6) is 0. The molecule has 0 atom stereocenters. The van der Waals surface area contributed by atoms with E-state index >= 15 is 0 Å². The first-order chi connectivity index (χ1) is 6.61. The van der Waals surface area contributed by atoms with Crippen molar-refractivity contribution in [2.45, 2.75) is 13.5 Å². The summed E-state index contributed by atoms with van der Waals surface area (Å²) in [7, 11) is 3.43. The minimum Gasteiger partial charge on any atom is -0.334 e. The molecule has 0 saturated heterocycles. The van der Waals surface area contributed by atoms with Gasteiger partial charge in [-0.05, 0) is 24.1 Å². The molecule has 0 fully saturated rings. The molecule has 0 bridgehead atoms. The maximum atomic E-state index is 11.2. The van der Waals surface area contributed by atoms with E-state index in [0.717, 1.165) is 11.1 Å². The normalized spacial score (nSPS) is 9.64. The van der Waals surface area contributed by atoms with Crippen molar-refractivity contribution in [1.82, 2.24) is 15.2 Å². The van der Waals surface area contributed by atoms with Gasteiger partial charge < -0.3 is 10.2 Å². The lowest BCUT2D eigenvalue weighted by atomic mass is 10.2. The Labute approximate surface area is 83.9 Å². The second kappa shape index (κ2) is 4.60. The fourth-order valence-corrected chi connectivity index (χ4v) is 1.01.